The van der Waals surface area contributed by atoms with Gasteiger partial charge in [0.2, 0.25) is 0 Å². The van der Waals surface area contributed by atoms with Crippen molar-refractivity contribution < 1.29 is 14.3 Å². The first-order valence-corrected chi connectivity index (χ1v) is 3.97. The Bertz CT molecular complexity index is 353. The highest BCUT2D eigenvalue weighted by Crippen LogP contribution is 2.17. The van der Waals surface area contributed by atoms with Gasteiger partial charge in [0.25, 0.3) is 5.91 Å². The molecule has 0 radical (unpaired) electrons. The van der Waals surface area contributed by atoms with Crippen LogP contribution in [0.25, 0.3) is 0 Å². The van der Waals surface area contributed by atoms with Gasteiger partial charge in [0, 0.05) is 20.2 Å². The Morgan fingerprint density at radius 3 is 2.64 bits per heavy atom. The van der Waals surface area contributed by atoms with E-state index in [1.54, 1.807) is 14.1 Å². The molecule has 5 heteroatoms. The summed E-state index contributed by atoms with van der Waals surface area (Å²) in [5.41, 5.74) is 2.47. The molecule has 0 aliphatic carbocycles. The fourth-order valence-corrected chi connectivity index (χ4v) is 0.960. The van der Waals surface area contributed by atoms with Gasteiger partial charge in [-0.3, -0.25) is 10.2 Å². The lowest BCUT2D eigenvalue weighted by atomic mass is 10.2. The minimum absolute atomic E-state index is 0.0418. The topological polar surface area (TPSA) is 52.6 Å². The van der Waals surface area contributed by atoms with Gasteiger partial charge in [0.15, 0.2) is 0 Å². The van der Waals surface area contributed by atoms with E-state index in [9.17, 15) is 14.3 Å². The quantitative estimate of drug-likeness (QED) is 0.689. The third-order valence-corrected chi connectivity index (χ3v) is 1.53. The van der Waals surface area contributed by atoms with Crippen molar-refractivity contribution in [2.75, 3.05) is 14.1 Å². The number of rotatable bonds is 2. The van der Waals surface area contributed by atoms with Crippen molar-refractivity contribution >= 4 is 5.91 Å². The van der Waals surface area contributed by atoms with Gasteiger partial charge in [-0.05, 0) is 12.1 Å². The molecule has 14 heavy (non-hydrogen) atoms. The van der Waals surface area contributed by atoms with E-state index >= 15 is 0 Å². The second-order valence-corrected chi connectivity index (χ2v) is 3.00. The van der Waals surface area contributed by atoms with E-state index in [4.69, 9.17) is 0 Å². The fourth-order valence-electron chi connectivity index (χ4n) is 0.960. The smallest absolute Gasteiger partial charge is 0.269 e. The Hall–Kier alpha value is -1.62. The molecule has 1 aromatic rings. The predicted octanol–water partition coefficient (Wildman–Crippen LogP) is 0.738. The summed E-state index contributed by atoms with van der Waals surface area (Å²) >= 11 is 0. The first-order valence-electron chi connectivity index (χ1n) is 3.97. The molecule has 76 valence electrons. The van der Waals surface area contributed by atoms with Crippen LogP contribution in [0, 0.1) is 5.82 Å². The van der Waals surface area contributed by atoms with Crippen molar-refractivity contribution in [1.29, 1.82) is 0 Å². The number of benzene rings is 1. The van der Waals surface area contributed by atoms with E-state index in [1.807, 2.05) is 0 Å². The standard InChI is InChI=1S/C9H11FN2O2/c1-12(2)11-9(14)7-4-3-6(10)5-8(7)13/h3-5,13H,1-2H3,(H,11,14). The van der Waals surface area contributed by atoms with E-state index in [1.165, 1.54) is 11.1 Å². The number of amides is 1. The molecule has 0 heterocycles. The van der Waals surface area contributed by atoms with Crippen molar-refractivity contribution in [3.8, 4) is 5.75 Å². The molecule has 0 unspecified atom stereocenters. The summed E-state index contributed by atoms with van der Waals surface area (Å²) in [5, 5.41) is 10.7. The monoisotopic (exact) mass is 198 g/mol. The lowest BCUT2D eigenvalue weighted by Crippen LogP contribution is -2.36. The molecule has 0 saturated heterocycles. The van der Waals surface area contributed by atoms with Gasteiger partial charge in [-0.25, -0.2) is 9.40 Å². The third-order valence-electron chi connectivity index (χ3n) is 1.53. The molecule has 0 atom stereocenters. The Kier molecular flexibility index (Phi) is 3.03. The maximum absolute atomic E-state index is 12.6. The Morgan fingerprint density at radius 2 is 2.14 bits per heavy atom. The number of hydrazine groups is 1. The molecule has 0 aromatic heterocycles. The molecule has 4 nitrogen and oxygen atoms in total. The van der Waals surface area contributed by atoms with E-state index in [0.29, 0.717) is 0 Å². The van der Waals surface area contributed by atoms with Crippen LogP contribution in [-0.2, 0) is 0 Å². The maximum atomic E-state index is 12.6. The van der Waals surface area contributed by atoms with Crippen LogP contribution in [0.5, 0.6) is 5.75 Å². The molecule has 0 fully saturated rings. The summed E-state index contributed by atoms with van der Waals surface area (Å²) < 4.78 is 12.6. The molecule has 0 bridgehead atoms. The van der Waals surface area contributed by atoms with Crippen molar-refractivity contribution in [3.63, 3.8) is 0 Å². The number of carbonyl (C=O) groups is 1. The van der Waals surface area contributed by atoms with Gasteiger partial charge in [-0.1, -0.05) is 0 Å². The van der Waals surface area contributed by atoms with Crippen LogP contribution in [0.15, 0.2) is 18.2 Å². The highest BCUT2D eigenvalue weighted by atomic mass is 19.1. The third kappa shape index (κ3) is 2.43. The number of hydrogen-bond donors (Lipinski definition) is 2. The van der Waals surface area contributed by atoms with Gasteiger partial charge in [-0.15, -0.1) is 0 Å². The van der Waals surface area contributed by atoms with Crippen molar-refractivity contribution in [2.24, 2.45) is 0 Å². The minimum Gasteiger partial charge on any atom is -0.507 e. The zero-order valence-electron chi connectivity index (χ0n) is 7.91. The normalized spacial score (nSPS) is 10.3. The molecule has 0 spiro atoms. The van der Waals surface area contributed by atoms with Gasteiger partial charge in [0.1, 0.15) is 11.6 Å². The van der Waals surface area contributed by atoms with Crippen LogP contribution in [0.3, 0.4) is 0 Å². The Morgan fingerprint density at radius 1 is 1.50 bits per heavy atom. The second kappa shape index (κ2) is 4.06. The molecule has 0 saturated carbocycles. The summed E-state index contributed by atoms with van der Waals surface area (Å²) in [6, 6.07) is 3.23. The number of nitrogens with zero attached hydrogens (tertiary/aromatic N) is 1. The Balaban J connectivity index is 2.90. The SMILES string of the molecule is CN(C)NC(=O)c1ccc(F)cc1O. The number of halogens is 1. The molecule has 0 aliphatic rings. The lowest BCUT2D eigenvalue weighted by molar-refractivity contribution is 0.0854. The van der Waals surface area contributed by atoms with E-state index in [-0.39, 0.29) is 11.3 Å². The van der Waals surface area contributed by atoms with E-state index in [2.05, 4.69) is 5.43 Å². The van der Waals surface area contributed by atoms with Crippen molar-refractivity contribution in [3.05, 3.63) is 29.6 Å². The van der Waals surface area contributed by atoms with E-state index < -0.39 is 11.7 Å². The van der Waals surface area contributed by atoms with Gasteiger partial charge < -0.3 is 5.11 Å². The first kappa shape index (κ1) is 10.5. The van der Waals surface area contributed by atoms with Crippen molar-refractivity contribution in [1.82, 2.24) is 10.4 Å². The molecule has 1 rings (SSSR count). The predicted molar refractivity (Wildman–Crippen MR) is 49.2 cm³/mol. The average molecular weight is 198 g/mol. The van der Waals surface area contributed by atoms with Crippen molar-refractivity contribution in [2.45, 2.75) is 0 Å². The zero-order valence-corrected chi connectivity index (χ0v) is 7.91. The number of nitrogens with one attached hydrogen (secondary N) is 1. The summed E-state index contributed by atoms with van der Waals surface area (Å²) in [4.78, 5) is 11.4. The van der Waals surface area contributed by atoms with Crippen LogP contribution in [0.1, 0.15) is 10.4 Å². The van der Waals surface area contributed by atoms with E-state index in [0.717, 1.165) is 12.1 Å². The number of hydrogen-bond acceptors (Lipinski definition) is 3. The highest BCUT2D eigenvalue weighted by Gasteiger charge is 2.11. The number of phenols is 1. The van der Waals surface area contributed by atoms with Crippen LogP contribution in [0.2, 0.25) is 0 Å². The van der Waals surface area contributed by atoms with Crippen LogP contribution in [0.4, 0.5) is 4.39 Å². The zero-order chi connectivity index (χ0) is 10.7. The number of aromatic hydroxyl groups is 1. The fraction of sp³-hybridized carbons (Fsp3) is 0.222. The number of phenolic OH excluding ortho intramolecular Hbond substituents is 1. The highest BCUT2D eigenvalue weighted by molar-refractivity contribution is 5.96. The minimum atomic E-state index is -0.580. The molecular formula is C9H11FN2O2. The molecule has 2 N–H and O–H groups in total. The molecule has 1 aromatic carbocycles. The van der Waals surface area contributed by atoms with Crippen LogP contribution >= 0.6 is 0 Å². The van der Waals surface area contributed by atoms with Gasteiger partial charge in [-0.2, -0.15) is 0 Å². The van der Waals surface area contributed by atoms with Gasteiger partial charge in [0.05, 0.1) is 5.56 Å². The number of carbonyl (C=O) groups excluding carboxylic acids is 1. The van der Waals surface area contributed by atoms with Crippen LogP contribution in [-0.4, -0.2) is 30.1 Å². The summed E-state index contributed by atoms with van der Waals surface area (Å²) in [5.74, 6) is -1.43. The summed E-state index contributed by atoms with van der Waals surface area (Å²) in [6.45, 7) is 0. The molecule has 0 aliphatic heterocycles. The maximum Gasteiger partial charge on any atom is 0.269 e. The summed E-state index contributed by atoms with van der Waals surface area (Å²) in [6.07, 6.45) is 0. The summed E-state index contributed by atoms with van der Waals surface area (Å²) in [7, 11) is 3.27. The molecule has 1 amide bonds. The molecular weight excluding hydrogens is 187 g/mol. The second-order valence-electron chi connectivity index (χ2n) is 3.00. The van der Waals surface area contributed by atoms with Crippen LogP contribution < -0.4 is 5.43 Å². The lowest BCUT2D eigenvalue weighted by Gasteiger charge is -2.12. The average Bonchev–Trinajstić information content (AvgIpc) is 2.01. The first-order chi connectivity index (χ1) is 6.50. The largest absolute Gasteiger partial charge is 0.507 e. The van der Waals surface area contributed by atoms with Gasteiger partial charge >= 0.3 is 0 Å². The Labute approximate surface area is 80.9 Å².